The molecule has 2 heterocycles. The zero-order valence-electron chi connectivity index (χ0n) is 15.4. The van der Waals surface area contributed by atoms with Crippen LogP contribution in [0.3, 0.4) is 0 Å². The summed E-state index contributed by atoms with van der Waals surface area (Å²) in [6, 6.07) is 7.32. The highest BCUT2D eigenvalue weighted by molar-refractivity contribution is 6.03. The molecule has 0 unspecified atom stereocenters. The smallest absolute Gasteiger partial charge is 0.277 e. The van der Waals surface area contributed by atoms with E-state index in [0.717, 1.165) is 25.9 Å². The van der Waals surface area contributed by atoms with E-state index in [1.54, 1.807) is 35.1 Å². The molecule has 0 bridgehead atoms. The lowest BCUT2D eigenvalue weighted by Gasteiger charge is -2.22. The zero-order valence-corrected chi connectivity index (χ0v) is 16.3. The van der Waals surface area contributed by atoms with Crippen LogP contribution in [-0.4, -0.2) is 39.9 Å². The van der Waals surface area contributed by atoms with E-state index in [1.165, 1.54) is 0 Å². The van der Waals surface area contributed by atoms with E-state index < -0.39 is 0 Å². The van der Waals surface area contributed by atoms with Gasteiger partial charge in [0.05, 0.1) is 12.2 Å². The van der Waals surface area contributed by atoms with Crippen LogP contribution >= 0.6 is 12.4 Å². The van der Waals surface area contributed by atoms with E-state index in [9.17, 15) is 9.59 Å². The molecule has 8 nitrogen and oxygen atoms in total. The van der Waals surface area contributed by atoms with Crippen molar-refractivity contribution in [3.8, 4) is 0 Å². The Bertz CT molecular complexity index is 786. The van der Waals surface area contributed by atoms with Gasteiger partial charge in [-0.2, -0.15) is 0 Å². The molecular formula is C18H25ClN6O2. The van der Waals surface area contributed by atoms with E-state index in [4.69, 9.17) is 0 Å². The quantitative estimate of drug-likeness (QED) is 0.725. The fraction of sp³-hybridized carbons (Fsp3) is 0.444. The number of carbonyl (C=O) groups excluding carboxylic acids is 2. The molecule has 1 aliphatic rings. The maximum atomic E-state index is 12.4. The fourth-order valence-electron chi connectivity index (χ4n) is 2.79. The first-order valence-electron chi connectivity index (χ1n) is 8.88. The normalized spacial score (nSPS) is 14.5. The van der Waals surface area contributed by atoms with Crippen LogP contribution in [0, 0.1) is 5.92 Å². The van der Waals surface area contributed by atoms with Gasteiger partial charge in [0.25, 0.3) is 5.91 Å². The molecule has 0 spiro atoms. The Morgan fingerprint density at radius 3 is 2.52 bits per heavy atom. The summed E-state index contributed by atoms with van der Waals surface area (Å²) in [5, 5.41) is 17.0. The molecular weight excluding hydrogens is 368 g/mol. The van der Waals surface area contributed by atoms with Crippen LogP contribution < -0.4 is 16.0 Å². The number of nitrogens with zero attached hydrogens (tertiary/aromatic N) is 3. The molecule has 1 aromatic carbocycles. The molecule has 2 aromatic rings. The van der Waals surface area contributed by atoms with Crippen LogP contribution in [0.4, 0.5) is 11.4 Å². The minimum Gasteiger partial charge on any atom is -0.326 e. The molecule has 0 radical (unpaired) electrons. The lowest BCUT2D eigenvalue weighted by atomic mass is 10.1. The molecule has 0 saturated carbocycles. The molecule has 27 heavy (non-hydrogen) atoms. The van der Waals surface area contributed by atoms with Crippen molar-refractivity contribution in [2.24, 2.45) is 5.92 Å². The van der Waals surface area contributed by atoms with E-state index in [2.05, 4.69) is 26.3 Å². The van der Waals surface area contributed by atoms with E-state index >= 15 is 0 Å². The molecule has 1 saturated heterocycles. The second kappa shape index (κ2) is 9.48. The summed E-state index contributed by atoms with van der Waals surface area (Å²) in [6.07, 6.45) is 3.64. The average Bonchev–Trinajstić information content (AvgIpc) is 3.13. The summed E-state index contributed by atoms with van der Waals surface area (Å²) < 4.78 is 1.77. The third-order valence-corrected chi connectivity index (χ3v) is 4.34. The van der Waals surface area contributed by atoms with Gasteiger partial charge in [0.2, 0.25) is 5.91 Å². The molecule has 1 aromatic heterocycles. The van der Waals surface area contributed by atoms with Gasteiger partial charge in [0, 0.05) is 17.3 Å². The monoisotopic (exact) mass is 392 g/mol. The van der Waals surface area contributed by atoms with Gasteiger partial charge in [0.1, 0.15) is 0 Å². The second-order valence-corrected chi connectivity index (χ2v) is 6.74. The molecule has 2 amide bonds. The molecule has 0 atom stereocenters. The van der Waals surface area contributed by atoms with Gasteiger partial charge in [-0.25, -0.2) is 4.68 Å². The highest BCUT2D eigenvalue weighted by atomic mass is 35.5. The molecule has 0 aliphatic carbocycles. The first-order chi connectivity index (χ1) is 12.5. The highest BCUT2D eigenvalue weighted by Gasteiger charge is 2.19. The summed E-state index contributed by atoms with van der Waals surface area (Å²) in [4.78, 5) is 24.2. The van der Waals surface area contributed by atoms with Crippen LogP contribution in [0.15, 0.2) is 30.5 Å². The van der Waals surface area contributed by atoms with Crippen LogP contribution in [-0.2, 0) is 4.79 Å². The van der Waals surface area contributed by atoms with E-state index in [1.807, 2.05) is 13.8 Å². The number of piperidine rings is 1. The lowest BCUT2D eigenvalue weighted by molar-refractivity contribution is -0.118. The summed E-state index contributed by atoms with van der Waals surface area (Å²) in [6.45, 7) is 5.54. The Morgan fingerprint density at radius 2 is 1.85 bits per heavy atom. The minimum atomic E-state index is -0.322. The number of carbonyl (C=O) groups is 2. The van der Waals surface area contributed by atoms with Crippen molar-refractivity contribution in [3.05, 3.63) is 36.2 Å². The Labute approximate surface area is 164 Å². The number of amides is 2. The van der Waals surface area contributed by atoms with Crippen molar-refractivity contribution in [1.29, 1.82) is 0 Å². The molecule has 1 aliphatic heterocycles. The number of aromatic nitrogens is 3. The Balaban J connectivity index is 0.00000261. The lowest BCUT2D eigenvalue weighted by Crippen LogP contribution is -2.29. The number of rotatable bonds is 5. The number of anilines is 2. The van der Waals surface area contributed by atoms with Crippen molar-refractivity contribution >= 4 is 35.6 Å². The number of benzene rings is 1. The predicted molar refractivity (Wildman–Crippen MR) is 106 cm³/mol. The van der Waals surface area contributed by atoms with Gasteiger partial charge < -0.3 is 16.0 Å². The van der Waals surface area contributed by atoms with Gasteiger partial charge in [-0.05, 0) is 44.1 Å². The van der Waals surface area contributed by atoms with Crippen LogP contribution in [0.2, 0.25) is 0 Å². The average molecular weight is 393 g/mol. The van der Waals surface area contributed by atoms with Crippen molar-refractivity contribution in [2.45, 2.75) is 32.7 Å². The van der Waals surface area contributed by atoms with E-state index in [-0.39, 0.29) is 41.9 Å². The van der Waals surface area contributed by atoms with Gasteiger partial charge in [-0.1, -0.05) is 25.1 Å². The summed E-state index contributed by atoms with van der Waals surface area (Å²) in [7, 11) is 0. The van der Waals surface area contributed by atoms with Crippen molar-refractivity contribution < 1.29 is 9.59 Å². The zero-order chi connectivity index (χ0) is 18.5. The number of nitrogens with one attached hydrogen (secondary N) is 3. The van der Waals surface area contributed by atoms with Crippen molar-refractivity contribution in [2.75, 3.05) is 23.7 Å². The largest absolute Gasteiger partial charge is 0.326 e. The predicted octanol–water partition coefficient (Wildman–Crippen LogP) is 2.47. The van der Waals surface area contributed by atoms with E-state index in [0.29, 0.717) is 11.4 Å². The van der Waals surface area contributed by atoms with Crippen molar-refractivity contribution in [3.63, 3.8) is 0 Å². The number of halogens is 1. The van der Waals surface area contributed by atoms with Gasteiger partial charge in [0.15, 0.2) is 5.69 Å². The van der Waals surface area contributed by atoms with Crippen LogP contribution in [0.1, 0.15) is 43.2 Å². The highest BCUT2D eigenvalue weighted by Crippen LogP contribution is 2.19. The molecule has 9 heteroatoms. The standard InChI is InChI=1S/C18H24N6O2.ClH/c1-12(2)17(25)20-13-4-3-5-14(10-13)21-18(26)16-11-24(23-22-16)15-6-8-19-9-7-15;/h3-5,10-12,15,19H,6-9H2,1-2H3,(H,20,25)(H,21,26);1H. The number of hydrogen-bond donors (Lipinski definition) is 3. The Hall–Kier alpha value is -2.45. The Morgan fingerprint density at radius 1 is 1.19 bits per heavy atom. The van der Waals surface area contributed by atoms with Gasteiger partial charge in [-0.3, -0.25) is 9.59 Å². The molecule has 146 valence electrons. The summed E-state index contributed by atoms with van der Waals surface area (Å²) in [5.41, 5.74) is 1.51. The first-order valence-corrected chi connectivity index (χ1v) is 8.88. The third kappa shape index (κ3) is 5.51. The maximum Gasteiger partial charge on any atom is 0.277 e. The topological polar surface area (TPSA) is 101 Å². The number of hydrogen-bond acceptors (Lipinski definition) is 5. The second-order valence-electron chi connectivity index (χ2n) is 6.74. The summed E-state index contributed by atoms with van der Waals surface area (Å²) >= 11 is 0. The fourth-order valence-corrected chi connectivity index (χ4v) is 2.79. The molecule has 3 N–H and O–H groups in total. The SMILES string of the molecule is CC(C)C(=O)Nc1cccc(NC(=O)c2cn(C3CCNCC3)nn2)c1.Cl. The molecule has 3 rings (SSSR count). The van der Waals surface area contributed by atoms with Gasteiger partial charge in [-0.15, -0.1) is 17.5 Å². The van der Waals surface area contributed by atoms with Crippen molar-refractivity contribution in [1.82, 2.24) is 20.3 Å². The first kappa shape index (κ1) is 20.9. The third-order valence-electron chi connectivity index (χ3n) is 4.34. The summed E-state index contributed by atoms with van der Waals surface area (Å²) in [5.74, 6) is -0.505. The van der Waals surface area contributed by atoms with Crippen LogP contribution in [0.5, 0.6) is 0 Å². The minimum absolute atomic E-state index is 0. The van der Waals surface area contributed by atoms with Crippen LogP contribution in [0.25, 0.3) is 0 Å². The maximum absolute atomic E-state index is 12.4. The van der Waals surface area contributed by atoms with Gasteiger partial charge >= 0.3 is 0 Å². The molecule has 1 fully saturated rings. The Kier molecular flexibility index (Phi) is 7.32.